The van der Waals surface area contributed by atoms with Gasteiger partial charge in [-0.05, 0) is 13.8 Å². The number of hydrogen-bond acceptors (Lipinski definition) is 3. The molecule has 2 heterocycles. The zero-order valence-corrected chi connectivity index (χ0v) is 8.90. The average molecular weight is 194 g/mol. The van der Waals surface area contributed by atoms with Gasteiger partial charge < -0.3 is 14.8 Å². The quantitative estimate of drug-likeness (QED) is 0.752. The van der Waals surface area contributed by atoms with Crippen LogP contribution in [0.5, 0.6) is 0 Å². The molecule has 0 aromatic carbocycles. The van der Waals surface area contributed by atoms with E-state index in [2.05, 4.69) is 33.6 Å². The number of hydrogen-bond donors (Lipinski definition) is 1. The van der Waals surface area contributed by atoms with Crippen molar-refractivity contribution in [3.05, 3.63) is 12.4 Å². The molecular weight excluding hydrogens is 176 g/mol. The number of nitrogens with zero attached hydrogens (tertiary/aromatic N) is 3. The van der Waals surface area contributed by atoms with Crippen molar-refractivity contribution in [1.29, 1.82) is 0 Å². The van der Waals surface area contributed by atoms with Crippen molar-refractivity contribution >= 4 is 5.95 Å². The summed E-state index contributed by atoms with van der Waals surface area (Å²) in [6.07, 6.45) is 3.92. The van der Waals surface area contributed by atoms with E-state index < -0.39 is 0 Å². The van der Waals surface area contributed by atoms with E-state index in [9.17, 15) is 0 Å². The van der Waals surface area contributed by atoms with Gasteiger partial charge in [-0.3, -0.25) is 0 Å². The molecule has 0 amide bonds. The fourth-order valence-corrected chi connectivity index (χ4v) is 1.95. The molecule has 1 aliphatic heterocycles. The summed E-state index contributed by atoms with van der Waals surface area (Å²) in [5, 5.41) is 3.43. The first-order valence-corrected chi connectivity index (χ1v) is 5.30. The van der Waals surface area contributed by atoms with Crippen LogP contribution in [0.1, 0.15) is 13.8 Å². The summed E-state index contributed by atoms with van der Waals surface area (Å²) in [6, 6.07) is 0.561. The van der Waals surface area contributed by atoms with Crippen molar-refractivity contribution in [3.63, 3.8) is 0 Å². The molecule has 78 valence electrons. The second-order valence-corrected chi connectivity index (χ2v) is 3.81. The second kappa shape index (κ2) is 4.00. The molecule has 0 spiro atoms. The first kappa shape index (κ1) is 9.52. The van der Waals surface area contributed by atoms with E-state index in [4.69, 9.17) is 0 Å². The van der Waals surface area contributed by atoms with Crippen LogP contribution in [0.4, 0.5) is 5.95 Å². The predicted molar refractivity (Wildman–Crippen MR) is 57.6 cm³/mol. The predicted octanol–water partition coefficient (Wildman–Crippen LogP) is 0.701. The van der Waals surface area contributed by atoms with Gasteiger partial charge in [-0.25, -0.2) is 4.98 Å². The Morgan fingerprint density at radius 3 is 3.21 bits per heavy atom. The highest BCUT2D eigenvalue weighted by Gasteiger charge is 2.18. The lowest BCUT2D eigenvalue weighted by atomic mass is 10.2. The molecule has 0 unspecified atom stereocenters. The van der Waals surface area contributed by atoms with Gasteiger partial charge in [0.05, 0.1) is 0 Å². The minimum absolute atomic E-state index is 0.561. The van der Waals surface area contributed by atoms with Crippen LogP contribution in [0.25, 0.3) is 0 Å². The molecule has 1 aromatic heterocycles. The zero-order chi connectivity index (χ0) is 9.97. The van der Waals surface area contributed by atoms with E-state index in [0.717, 1.165) is 32.1 Å². The molecule has 2 rings (SSSR count). The fraction of sp³-hybridized carbons (Fsp3) is 0.700. The third-order valence-corrected chi connectivity index (χ3v) is 2.69. The molecule has 1 fully saturated rings. The summed E-state index contributed by atoms with van der Waals surface area (Å²) in [6.45, 7) is 8.52. The molecule has 4 nitrogen and oxygen atoms in total. The summed E-state index contributed by atoms with van der Waals surface area (Å²) >= 11 is 0. The van der Waals surface area contributed by atoms with E-state index in [-0.39, 0.29) is 0 Å². The van der Waals surface area contributed by atoms with Gasteiger partial charge in [0.2, 0.25) is 5.95 Å². The standard InChI is InChI=1S/C10H18N4/c1-3-13-6-5-12-10(13)14-7-4-11-9(2)8-14/h5-6,9,11H,3-4,7-8H2,1-2H3/t9-/m0/s1. The molecule has 14 heavy (non-hydrogen) atoms. The highest BCUT2D eigenvalue weighted by molar-refractivity contribution is 5.32. The van der Waals surface area contributed by atoms with E-state index in [1.807, 2.05) is 12.4 Å². The van der Waals surface area contributed by atoms with E-state index >= 15 is 0 Å². The number of anilines is 1. The van der Waals surface area contributed by atoms with Crippen LogP contribution >= 0.6 is 0 Å². The Morgan fingerprint density at radius 2 is 2.50 bits per heavy atom. The number of nitrogens with one attached hydrogen (secondary N) is 1. The first-order valence-electron chi connectivity index (χ1n) is 5.30. The smallest absolute Gasteiger partial charge is 0.205 e. The van der Waals surface area contributed by atoms with Crippen molar-refractivity contribution < 1.29 is 0 Å². The van der Waals surface area contributed by atoms with Gasteiger partial charge in [0.15, 0.2) is 0 Å². The molecule has 1 aliphatic rings. The Labute approximate surface area is 84.9 Å². The lowest BCUT2D eigenvalue weighted by Gasteiger charge is -2.32. The minimum Gasteiger partial charge on any atom is -0.339 e. The van der Waals surface area contributed by atoms with Crippen molar-refractivity contribution in [2.45, 2.75) is 26.4 Å². The molecular formula is C10H18N4. The second-order valence-electron chi connectivity index (χ2n) is 3.81. The number of piperazine rings is 1. The Bertz CT molecular complexity index is 294. The minimum atomic E-state index is 0.561. The van der Waals surface area contributed by atoms with Gasteiger partial charge in [0.1, 0.15) is 0 Å². The molecule has 0 bridgehead atoms. The summed E-state index contributed by atoms with van der Waals surface area (Å²) in [5.74, 6) is 1.11. The van der Waals surface area contributed by atoms with Gasteiger partial charge in [0, 0.05) is 44.6 Å². The average Bonchev–Trinajstić information content (AvgIpc) is 2.65. The molecule has 1 atom stereocenters. The third-order valence-electron chi connectivity index (χ3n) is 2.69. The molecule has 1 aromatic rings. The Balaban J connectivity index is 2.13. The van der Waals surface area contributed by atoms with Crippen LogP contribution in [0.3, 0.4) is 0 Å². The van der Waals surface area contributed by atoms with Gasteiger partial charge in [0.25, 0.3) is 0 Å². The lowest BCUT2D eigenvalue weighted by molar-refractivity contribution is 0.474. The number of aryl methyl sites for hydroxylation is 1. The van der Waals surface area contributed by atoms with Crippen LogP contribution in [-0.2, 0) is 6.54 Å². The summed E-state index contributed by atoms with van der Waals surface area (Å²) < 4.78 is 2.19. The Hall–Kier alpha value is -1.03. The van der Waals surface area contributed by atoms with Crippen molar-refractivity contribution in [2.24, 2.45) is 0 Å². The van der Waals surface area contributed by atoms with Crippen LogP contribution < -0.4 is 10.2 Å². The normalized spacial score (nSPS) is 22.7. The third kappa shape index (κ3) is 1.75. The maximum atomic E-state index is 4.41. The fourth-order valence-electron chi connectivity index (χ4n) is 1.95. The number of rotatable bonds is 2. The highest BCUT2D eigenvalue weighted by atomic mass is 15.3. The van der Waals surface area contributed by atoms with E-state index in [0.29, 0.717) is 6.04 Å². The molecule has 0 radical (unpaired) electrons. The first-order chi connectivity index (χ1) is 6.81. The van der Waals surface area contributed by atoms with Crippen LogP contribution in [-0.4, -0.2) is 35.2 Å². The Morgan fingerprint density at radius 1 is 1.64 bits per heavy atom. The SMILES string of the molecule is CCn1ccnc1N1CCN[C@@H](C)C1. The molecule has 1 N–H and O–H groups in total. The summed E-state index contributed by atoms with van der Waals surface area (Å²) in [7, 11) is 0. The molecule has 4 heteroatoms. The maximum absolute atomic E-state index is 4.41. The maximum Gasteiger partial charge on any atom is 0.205 e. The van der Waals surface area contributed by atoms with Crippen molar-refractivity contribution in [3.8, 4) is 0 Å². The van der Waals surface area contributed by atoms with Crippen LogP contribution in [0, 0.1) is 0 Å². The number of imidazole rings is 1. The van der Waals surface area contributed by atoms with Gasteiger partial charge in [-0.2, -0.15) is 0 Å². The zero-order valence-electron chi connectivity index (χ0n) is 8.90. The lowest BCUT2D eigenvalue weighted by Crippen LogP contribution is -2.50. The van der Waals surface area contributed by atoms with E-state index in [1.54, 1.807) is 0 Å². The summed E-state index contributed by atoms with van der Waals surface area (Å²) in [5.41, 5.74) is 0. The topological polar surface area (TPSA) is 33.1 Å². The monoisotopic (exact) mass is 194 g/mol. The number of aromatic nitrogens is 2. The molecule has 0 saturated carbocycles. The van der Waals surface area contributed by atoms with Gasteiger partial charge in [-0.15, -0.1) is 0 Å². The van der Waals surface area contributed by atoms with Crippen LogP contribution in [0.2, 0.25) is 0 Å². The van der Waals surface area contributed by atoms with E-state index in [1.165, 1.54) is 0 Å². The van der Waals surface area contributed by atoms with Gasteiger partial charge >= 0.3 is 0 Å². The molecule has 1 saturated heterocycles. The van der Waals surface area contributed by atoms with Crippen molar-refractivity contribution in [1.82, 2.24) is 14.9 Å². The van der Waals surface area contributed by atoms with Crippen molar-refractivity contribution in [2.75, 3.05) is 24.5 Å². The van der Waals surface area contributed by atoms with Gasteiger partial charge in [-0.1, -0.05) is 0 Å². The Kier molecular flexibility index (Phi) is 2.72. The summed E-state index contributed by atoms with van der Waals surface area (Å²) in [4.78, 5) is 6.76. The highest BCUT2D eigenvalue weighted by Crippen LogP contribution is 2.13. The molecule has 0 aliphatic carbocycles. The largest absolute Gasteiger partial charge is 0.339 e. The van der Waals surface area contributed by atoms with Crippen LogP contribution in [0.15, 0.2) is 12.4 Å².